The van der Waals surface area contributed by atoms with Crippen LogP contribution in [0.4, 0.5) is 0 Å². The van der Waals surface area contributed by atoms with E-state index >= 15 is 0 Å². The molecule has 1 atom stereocenters. The van der Waals surface area contributed by atoms with E-state index in [0.717, 1.165) is 5.56 Å². The lowest BCUT2D eigenvalue weighted by atomic mass is 10.1. The molecule has 1 amide bonds. The molecule has 1 aromatic carbocycles. The highest BCUT2D eigenvalue weighted by Gasteiger charge is 2.30. The van der Waals surface area contributed by atoms with E-state index in [1.54, 1.807) is 4.90 Å². The van der Waals surface area contributed by atoms with E-state index in [1.165, 1.54) is 0 Å². The highest BCUT2D eigenvalue weighted by molar-refractivity contribution is 7.80. The van der Waals surface area contributed by atoms with Gasteiger partial charge < -0.3 is 5.32 Å². The van der Waals surface area contributed by atoms with Crippen molar-refractivity contribution in [2.45, 2.75) is 13.0 Å². The Labute approximate surface area is 94.1 Å². The number of carbonyl (C=O) groups excluding carboxylic acids is 1. The van der Waals surface area contributed by atoms with Crippen LogP contribution in [-0.4, -0.2) is 22.5 Å². The number of nitrogens with zero attached hydrogens (tertiary/aromatic N) is 1. The lowest BCUT2D eigenvalue weighted by Crippen LogP contribution is -2.33. The molecule has 78 valence electrons. The third-order valence-corrected chi connectivity index (χ3v) is 2.89. The maximum absolute atomic E-state index is 11.6. The summed E-state index contributed by atoms with van der Waals surface area (Å²) in [6, 6.07) is 9.88. The maximum atomic E-state index is 11.6. The summed E-state index contributed by atoms with van der Waals surface area (Å²) in [4.78, 5) is 13.2. The quantitative estimate of drug-likeness (QED) is 0.766. The Balaban J connectivity index is 2.24. The van der Waals surface area contributed by atoms with E-state index in [0.29, 0.717) is 11.7 Å². The van der Waals surface area contributed by atoms with Crippen LogP contribution in [0.3, 0.4) is 0 Å². The van der Waals surface area contributed by atoms with Crippen LogP contribution in [0.1, 0.15) is 18.5 Å². The second-order valence-electron chi connectivity index (χ2n) is 3.51. The standard InChI is InChI=1S/C11H12N2OS/c1-8(9-5-3-2-4-6-9)13-10(14)7-12-11(13)15/h2-6,8H,7H2,1H3,(H,12,15)/t8-/m0/s1. The molecule has 1 aromatic rings. The smallest absolute Gasteiger partial charge is 0.248 e. The van der Waals surface area contributed by atoms with Crippen LogP contribution in [0.5, 0.6) is 0 Å². The molecule has 1 N–H and O–H groups in total. The van der Waals surface area contributed by atoms with Gasteiger partial charge in [0.25, 0.3) is 0 Å². The molecule has 0 unspecified atom stereocenters. The second kappa shape index (κ2) is 3.98. The lowest BCUT2D eigenvalue weighted by molar-refractivity contribution is -0.125. The molecule has 1 saturated heterocycles. The molecule has 0 radical (unpaired) electrons. The minimum atomic E-state index is 0.00111. The van der Waals surface area contributed by atoms with Gasteiger partial charge in [0.2, 0.25) is 5.91 Å². The van der Waals surface area contributed by atoms with Crippen LogP contribution in [0, 0.1) is 0 Å². The molecule has 1 heterocycles. The number of amides is 1. The Bertz CT molecular complexity index is 375. The van der Waals surface area contributed by atoms with Gasteiger partial charge in [0, 0.05) is 0 Å². The Morgan fingerprint density at radius 2 is 2.07 bits per heavy atom. The third-order valence-electron chi connectivity index (χ3n) is 2.55. The third kappa shape index (κ3) is 1.85. The largest absolute Gasteiger partial charge is 0.353 e. The number of rotatable bonds is 2. The van der Waals surface area contributed by atoms with Crippen molar-refractivity contribution in [2.75, 3.05) is 6.54 Å². The van der Waals surface area contributed by atoms with Gasteiger partial charge in [-0.05, 0) is 24.7 Å². The van der Waals surface area contributed by atoms with Crippen molar-refractivity contribution in [1.82, 2.24) is 10.2 Å². The van der Waals surface area contributed by atoms with E-state index < -0.39 is 0 Å². The molecule has 1 aliphatic rings. The number of benzene rings is 1. The van der Waals surface area contributed by atoms with E-state index in [2.05, 4.69) is 5.32 Å². The zero-order valence-electron chi connectivity index (χ0n) is 8.43. The van der Waals surface area contributed by atoms with Gasteiger partial charge in [0.1, 0.15) is 0 Å². The van der Waals surface area contributed by atoms with Crippen LogP contribution in [0.25, 0.3) is 0 Å². The fourth-order valence-electron chi connectivity index (χ4n) is 1.71. The van der Waals surface area contributed by atoms with Crippen LogP contribution >= 0.6 is 12.2 Å². The van der Waals surface area contributed by atoms with Crippen molar-refractivity contribution in [3.05, 3.63) is 35.9 Å². The number of hydrogen-bond donors (Lipinski definition) is 1. The molecule has 1 fully saturated rings. The monoisotopic (exact) mass is 220 g/mol. The molecule has 2 rings (SSSR count). The average molecular weight is 220 g/mol. The van der Waals surface area contributed by atoms with E-state index in [9.17, 15) is 4.79 Å². The SMILES string of the molecule is C[C@@H](c1ccccc1)N1C(=O)CNC1=S. The van der Waals surface area contributed by atoms with Crippen LogP contribution in [-0.2, 0) is 4.79 Å². The average Bonchev–Trinajstić information content (AvgIpc) is 2.59. The number of carbonyl (C=O) groups is 1. The van der Waals surface area contributed by atoms with Crippen molar-refractivity contribution in [3.8, 4) is 0 Å². The Morgan fingerprint density at radius 3 is 2.60 bits per heavy atom. The molecule has 0 bridgehead atoms. The minimum absolute atomic E-state index is 0.00111. The molecule has 0 saturated carbocycles. The zero-order chi connectivity index (χ0) is 10.8. The predicted molar refractivity (Wildman–Crippen MR) is 62.3 cm³/mol. The Kier molecular flexibility index (Phi) is 2.68. The van der Waals surface area contributed by atoms with E-state index in [1.807, 2.05) is 37.3 Å². The molecule has 15 heavy (non-hydrogen) atoms. The molecule has 1 aliphatic heterocycles. The maximum Gasteiger partial charge on any atom is 0.248 e. The molecule has 0 aliphatic carbocycles. The normalized spacial score (nSPS) is 17.8. The fourth-order valence-corrected chi connectivity index (χ4v) is 2.04. The molecule has 4 heteroatoms. The topological polar surface area (TPSA) is 32.3 Å². The summed E-state index contributed by atoms with van der Waals surface area (Å²) >= 11 is 5.09. The Hall–Kier alpha value is -1.42. The fraction of sp³-hybridized carbons (Fsp3) is 0.273. The van der Waals surface area contributed by atoms with Crippen LogP contribution in [0.15, 0.2) is 30.3 Å². The minimum Gasteiger partial charge on any atom is -0.353 e. The van der Waals surface area contributed by atoms with Crippen molar-refractivity contribution in [2.24, 2.45) is 0 Å². The lowest BCUT2D eigenvalue weighted by Gasteiger charge is -2.23. The van der Waals surface area contributed by atoms with Crippen molar-refractivity contribution >= 4 is 23.2 Å². The summed E-state index contributed by atoms with van der Waals surface area (Å²) in [7, 11) is 0. The van der Waals surface area contributed by atoms with Crippen LogP contribution < -0.4 is 5.32 Å². The predicted octanol–water partition coefficient (Wildman–Crippen LogP) is 1.46. The summed E-state index contributed by atoms with van der Waals surface area (Å²) in [6.45, 7) is 2.29. The number of hydrogen-bond acceptors (Lipinski definition) is 2. The number of nitrogens with one attached hydrogen (secondary N) is 1. The molecular formula is C11H12N2OS. The first-order chi connectivity index (χ1) is 7.20. The van der Waals surface area contributed by atoms with Crippen molar-refractivity contribution in [3.63, 3.8) is 0 Å². The van der Waals surface area contributed by atoms with Gasteiger partial charge in [-0.15, -0.1) is 0 Å². The van der Waals surface area contributed by atoms with Gasteiger partial charge in [-0.2, -0.15) is 0 Å². The summed E-state index contributed by atoms with van der Waals surface area (Å²) in [6.07, 6.45) is 0. The van der Waals surface area contributed by atoms with Gasteiger partial charge in [-0.25, -0.2) is 0 Å². The first kappa shape index (κ1) is 10.1. The summed E-state index contributed by atoms with van der Waals surface area (Å²) in [5.74, 6) is 0.0383. The van der Waals surface area contributed by atoms with E-state index in [-0.39, 0.29) is 11.9 Å². The molecule has 3 nitrogen and oxygen atoms in total. The summed E-state index contributed by atoms with van der Waals surface area (Å²) < 4.78 is 0. The van der Waals surface area contributed by atoms with E-state index in [4.69, 9.17) is 12.2 Å². The van der Waals surface area contributed by atoms with Gasteiger partial charge in [-0.3, -0.25) is 9.69 Å². The van der Waals surface area contributed by atoms with Crippen LogP contribution in [0.2, 0.25) is 0 Å². The highest BCUT2D eigenvalue weighted by atomic mass is 32.1. The summed E-state index contributed by atoms with van der Waals surface area (Å²) in [5, 5.41) is 3.40. The first-order valence-electron chi connectivity index (χ1n) is 4.85. The summed E-state index contributed by atoms with van der Waals surface area (Å²) in [5.41, 5.74) is 1.09. The molecular weight excluding hydrogens is 208 g/mol. The highest BCUT2D eigenvalue weighted by Crippen LogP contribution is 2.21. The molecule has 0 spiro atoms. The van der Waals surface area contributed by atoms with Crippen molar-refractivity contribution < 1.29 is 4.79 Å². The number of thiocarbonyl (C=S) groups is 1. The Morgan fingerprint density at radius 1 is 1.40 bits per heavy atom. The van der Waals surface area contributed by atoms with Gasteiger partial charge in [0.15, 0.2) is 5.11 Å². The van der Waals surface area contributed by atoms with Gasteiger partial charge in [0.05, 0.1) is 12.6 Å². The first-order valence-corrected chi connectivity index (χ1v) is 5.26. The van der Waals surface area contributed by atoms with Gasteiger partial charge in [-0.1, -0.05) is 30.3 Å². The molecule has 0 aromatic heterocycles. The second-order valence-corrected chi connectivity index (χ2v) is 3.90. The zero-order valence-corrected chi connectivity index (χ0v) is 9.25. The van der Waals surface area contributed by atoms with Crippen molar-refractivity contribution in [1.29, 1.82) is 0 Å². The van der Waals surface area contributed by atoms with Gasteiger partial charge >= 0.3 is 0 Å².